The van der Waals surface area contributed by atoms with Gasteiger partial charge in [-0.1, -0.05) is 12.1 Å². The Hall–Kier alpha value is -2.34. The number of aromatic nitrogens is 2. The summed E-state index contributed by atoms with van der Waals surface area (Å²) in [6, 6.07) is 9.83. The number of amides is 1. The van der Waals surface area contributed by atoms with Crippen molar-refractivity contribution in [1.29, 1.82) is 0 Å². The number of nitrogens with zero attached hydrogens (tertiary/aromatic N) is 1. The van der Waals surface area contributed by atoms with Gasteiger partial charge in [-0.25, -0.2) is 4.79 Å². The molecular formula is C17H24N4O2. The van der Waals surface area contributed by atoms with Crippen molar-refractivity contribution >= 4 is 11.8 Å². The van der Waals surface area contributed by atoms with Crippen LogP contribution in [0.15, 0.2) is 36.5 Å². The van der Waals surface area contributed by atoms with Gasteiger partial charge in [0.15, 0.2) is 0 Å². The van der Waals surface area contributed by atoms with Crippen molar-refractivity contribution in [3.8, 4) is 0 Å². The highest BCUT2D eigenvalue weighted by Gasteiger charge is 2.16. The van der Waals surface area contributed by atoms with E-state index in [1.807, 2.05) is 51.1 Å². The van der Waals surface area contributed by atoms with Crippen molar-refractivity contribution in [1.82, 2.24) is 15.5 Å². The van der Waals surface area contributed by atoms with Gasteiger partial charge in [-0.2, -0.15) is 5.10 Å². The van der Waals surface area contributed by atoms with Crippen LogP contribution in [0, 0.1) is 0 Å². The smallest absolute Gasteiger partial charge is 0.412 e. The lowest BCUT2D eigenvalue weighted by Crippen LogP contribution is -2.27. The molecule has 1 unspecified atom stereocenters. The van der Waals surface area contributed by atoms with Crippen LogP contribution in [0.2, 0.25) is 0 Å². The number of H-pyrrole nitrogens is 1. The standard InChI is InChI=1S/C17H24N4O2/c1-12(18-11-15-9-10-19-21-15)13-5-7-14(8-6-13)20-16(22)23-17(2,3)4/h5-10,12,18H,11H2,1-4H3,(H,19,21)(H,20,22). The number of aromatic amines is 1. The van der Waals surface area contributed by atoms with Gasteiger partial charge in [-0.3, -0.25) is 10.4 Å². The van der Waals surface area contributed by atoms with Crippen molar-refractivity contribution in [2.45, 2.75) is 45.9 Å². The number of hydrogen-bond donors (Lipinski definition) is 3. The average molecular weight is 316 g/mol. The molecule has 124 valence electrons. The molecule has 0 aliphatic heterocycles. The maximum atomic E-state index is 11.7. The Kier molecular flexibility index (Phi) is 5.39. The van der Waals surface area contributed by atoms with E-state index in [1.54, 1.807) is 6.20 Å². The van der Waals surface area contributed by atoms with Gasteiger partial charge in [-0.05, 0) is 51.5 Å². The number of nitrogens with one attached hydrogen (secondary N) is 3. The molecule has 1 aromatic heterocycles. The van der Waals surface area contributed by atoms with E-state index < -0.39 is 11.7 Å². The fourth-order valence-electron chi connectivity index (χ4n) is 2.04. The zero-order chi connectivity index (χ0) is 16.9. The third-order valence-corrected chi connectivity index (χ3v) is 3.21. The van der Waals surface area contributed by atoms with E-state index >= 15 is 0 Å². The second-order valence-corrected chi connectivity index (χ2v) is 6.43. The van der Waals surface area contributed by atoms with E-state index in [2.05, 4.69) is 27.8 Å². The molecule has 0 radical (unpaired) electrons. The highest BCUT2D eigenvalue weighted by molar-refractivity contribution is 5.84. The molecule has 1 heterocycles. The van der Waals surface area contributed by atoms with E-state index in [-0.39, 0.29) is 6.04 Å². The maximum absolute atomic E-state index is 11.7. The molecule has 1 amide bonds. The second-order valence-electron chi connectivity index (χ2n) is 6.43. The molecule has 0 aliphatic carbocycles. The normalized spacial score (nSPS) is 12.7. The van der Waals surface area contributed by atoms with Crippen LogP contribution in [0.25, 0.3) is 0 Å². The quantitative estimate of drug-likeness (QED) is 0.787. The molecule has 0 bridgehead atoms. The maximum Gasteiger partial charge on any atom is 0.412 e. The number of carbonyl (C=O) groups is 1. The zero-order valence-corrected chi connectivity index (χ0v) is 14.0. The van der Waals surface area contributed by atoms with Crippen LogP contribution in [0.3, 0.4) is 0 Å². The molecule has 0 aliphatic rings. The van der Waals surface area contributed by atoms with Gasteiger partial charge < -0.3 is 10.1 Å². The lowest BCUT2D eigenvalue weighted by atomic mass is 10.1. The van der Waals surface area contributed by atoms with Gasteiger partial charge in [0.1, 0.15) is 5.60 Å². The average Bonchev–Trinajstić information content (AvgIpc) is 2.96. The number of benzene rings is 1. The molecular weight excluding hydrogens is 292 g/mol. The molecule has 0 fully saturated rings. The van der Waals surface area contributed by atoms with E-state index in [0.717, 1.165) is 17.8 Å². The van der Waals surface area contributed by atoms with Gasteiger partial charge in [-0.15, -0.1) is 0 Å². The predicted octanol–water partition coefficient (Wildman–Crippen LogP) is 3.61. The summed E-state index contributed by atoms with van der Waals surface area (Å²) in [5.41, 5.74) is 2.39. The first-order chi connectivity index (χ1) is 10.8. The van der Waals surface area contributed by atoms with Crippen LogP contribution in [-0.2, 0) is 11.3 Å². The van der Waals surface area contributed by atoms with E-state index in [4.69, 9.17) is 4.74 Å². The molecule has 0 saturated heterocycles. The van der Waals surface area contributed by atoms with Crippen LogP contribution >= 0.6 is 0 Å². The molecule has 2 rings (SSSR count). The minimum atomic E-state index is -0.505. The summed E-state index contributed by atoms with van der Waals surface area (Å²) in [7, 11) is 0. The summed E-state index contributed by atoms with van der Waals surface area (Å²) in [4.78, 5) is 11.7. The first-order valence-electron chi connectivity index (χ1n) is 7.65. The van der Waals surface area contributed by atoms with E-state index in [1.165, 1.54) is 0 Å². The number of ether oxygens (including phenoxy) is 1. The SMILES string of the molecule is CC(NCc1ccn[nH]1)c1ccc(NC(=O)OC(C)(C)C)cc1. The monoisotopic (exact) mass is 316 g/mol. The summed E-state index contributed by atoms with van der Waals surface area (Å²) < 4.78 is 5.23. The van der Waals surface area contributed by atoms with Crippen molar-refractivity contribution in [2.24, 2.45) is 0 Å². The minimum absolute atomic E-state index is 0.189. The summed E-state index contributed by atoms with van der Waals surface area (Å²) in [5.74, 6) is 0. The van der Waals surface area contributed by atoms with Crippen LogP contribution < -0.4 is 10.6 Å². The van der Waals surface area contributed by atoms with Crippen LogP contribution in [-0.4, -0.2) is 21.9 Å². The molecule has 23 heavy (non-hydrogen) atoms. The second kappa shape index (κ2) is 7.28. The minimum Gasteiger partial charge on any atom is -0.444 e. The Balaban J connectivity index is 1.87. The van der Waals surface area contributed by atoms with Crippen LogP contribution in [0.5, 0.6) is 0 Å². The molecule has 1 atom stereocenters. The molecule has 1 aromatic carbocycles. The van der Waals surface area contributed by atoms with Gasteiger partial charge in [0.05, 0.1) is 0 Å². The van der Waals surface area contributed by atoms with E-state index in [0.29, 0.717) is 5.69 Å². The zero-order valence-electron chi connectivity index (χ0n) is 14.0. The number of carbonyl (C=O) groups excluding carboxylic acids is 1. The van der Waals surface area contributed by atoms with Gasteiger partial charge in [0.2, 0.25) is 0 Å². The Morgan fingerprint density at radius 3 is 2.52 bits per heavy atom. The topological polar surface area (TPSA) is 79.0 Å². The predicted molar refractivity (Wildman–Crippen MR) is 90.1 cm³/mol. The highest BCUT2D eigenvalue weighted by atomic mass is 16.6. The number of anilines is 1. The van der Waals surface area contributed by atoms with Gasteiger partial charge >= 0.3 is 6.09 Å². The van der Waals surface area contributed by atoms with Crippen molar-refractivity contribution < 1.29 is 9.53 Å². The Labute approximate surface area is 136 Å². The first kappa shape index (κ1) is 17.0. The number of rotatable bonds is 5. The lowest BCUT2D eigenvalue weighted by molar-refractivity contribution is 0.0636. The molecule has 6 nitrogen and oxygen atoms in total. The Bertz CT molecular complexity index is 615. The Morgan fingerprint density at radius 1 is 1.26 bits per heavy atom. The van der Waals surface area contributed by atoms with Crippen molar-refractivity contribution in [3.63, 3.8) is 0 Å². The van der Waals surface area contributed by atoms with Crippen molar-refractivity contribution in [3.05, 3.63) is 47.8 Å². The third-order valence-electron chi connectivity index (χ3n) is 3.21. The molecule has 3 N–H and O–H groups in total. The van der Waals surface area contributed by atoms with Gasteiger partial charge in [0.25, 0.3) is 0 Å². The highest BCUT2D eigenvalue weighted by Crippen LogP contribution is 2.17. The fourth-order valence-corrected chi connectivity index (χ4v) is 2.04. The van der Waals surface area contributed by atoms with Crippen LogP contribution in [0.1, 0.15) is 45.0 Å². The molecule has 0 spiro atoms. The third kappa shape index (κ3) is 5.75. The first-order valence-corrected chi connectivity index (χ1v) is 7.65. The van der Waals surface area contributed by atoms with Crippen molar-refractivity contribution in [2.75, 3.05) is 5.32 Å². The summed E-state index contributed by atoms with van der Waals surface area (Å²) in [6.45, 7) is 8.32. The summed E-state index contributed by atoms with van der Waals surface area (Å²) in [6.07, 6.45) is 1.29. The largest absolute Gasteiger partial charge is 0.444 e. The van der Waals surface area contributed by atoms with Crippen LogP contribution in [0.4, 0.5) is 10.5 Å². The van der Waals surface area contributed by atoms with Gasteiger partial charge in [0, 0.05) is 30.2 Å². The Morgan fingerprint density at radius 2 is 1.96 bits per heavy atom. The lowest BCUT2D eigenvalue weighted by Gasteiger charge is -2.20. The molecule has 2 aromatic rings. The van der Waals surface area contributed by atoms with E-state index in [9.17, 15) is 4.79 Å². The molecule has 0 saturated carbocycles. The summed E-state index contributed by atoms with van der Waals surface area (Å²) >= 11 is 0. The fraction of sp³-hybridized carbons (Fsp3) is 0.412. The summed E-state index contributed by atoms with van der Waals surface area (Å²) in [5, 5.41) is 13.0. The molecule has 6 heteroatoms. The number of hydrogen-bond acceptors (Lipinski definition) is 4.